The predicted molar refractivity (Wildman–Crippen MR) is 116 cm³/mol. The van der Waals surface area contributed by atoms with Crippen LogP contribution in [0.25, 0.3) is 0 Å². The van der Waals surface area contributed by atoms with Gasteiger partial charge in [0.2, 0.25) is 5.01 Å². The summed E-state index contributed by atoms with van der Waals surface area (Å²) in [5, 5.41) is 14.6. The molecular formula is C22H22FN5O2S. The van der Waals surface area contributed by atoms with Gasteiger partial charge in [0.1, 0.15) is 10.8 Å². The van der Waals surface area contributed by atoms with E-state index in [-0.39, 0.29) is 22.9 Å². The lowest BCUT2D eigenvalue weighted by molar-refractivity contribution is 0.102. The van der Waals surface area contributed by atoms with E-state index in [2.05, 4.69) is 20.8 Å². The fraction of sp³-hybridized carbons (Fsp3) is 0.273. The second-order valence-corrected chi connectivity index (χ2v) is 8.23. The number of benzene rings is 2. The first kappa shape index (κ1) is 20.9. The van der Waals surface area contributed by atoms with Crippen molar-refractivity contribution in [2.75, 3.05) is 18.4 Å². The third-order valence-corrected chi connectivity index (χ3v) is 6.09. The van der Waals surface area contributed by atoms with Gasteiger partial charge in [-0.25, -0.2) is 9.18 Å². The summed E-state index contributed by atoms with van der Waals surface area (Å²) in [6.07, 6.45) is 2.41. The molecule has 9 heteroatoms. The summed E-state index contributed by atoms with van der Waals surface area (Å²) in [6.45, 7) is 1.19. The van der Waals surface area contributed by atoms with Gasteiger partial charge in [-0.3, -0.25) is 4.79 Å². The number of aromatic nitrogens is 2. The van der Waals surface area contributed by atoms with Crippen molar-refractivity contribution in [1.82, 2.24) is 20.4 Å². The zero-order valence-corrected chi connectivity index (χ0v) is 17.6. The SMILES string of the molecule is O=C(Nc1ccc(F)cc1)c1nnc([C@H]2CCCN2C(=O)NCCc2ccccc2)s1. The van der Waals surface area contributed by atoms with Crippen LogP contribution in [0.3, 0.4) is 0 Å². The molecule has 4 rings (SSSR count). The number of amides is 3. The van der Waals surface area contributed by atoms with Gasteiger partial charge in [-0.1, -0.05) is 41.7 Å². The molecule has 2 aromatic carbocycles. The lowest BCUT2D eigenvalue weighted by Gasteiger charge is -2.23. The molecule has 1 aromatic heterocycles. The first-order valence-corrected chi connectivity index (χ1v) is 10.9. The monoisotopic (exact) mass is 439 g/mol. The fourth-order valence-corrected chi connectivity index (χ4v) is 4.39. The number of hydrogen-bond acceptors (Lipinski definition) is 5. The summed E-state index contributed by atoms with van der Waals surface area (Å²) in [5.41, 5.74) is 1.64. The predicted octanol–water partition coefficient (Wildman–Crippen LogP) is 4.02. The highest BCUT2D eigenvalue weighted by atomic mass is 32.1. The normalized spacial score (nSPS) is 15.6. The molecular weight excluding hydrogens is 417 g/mol. The first-order valence-electron chi connectivity index (χ1n) is 10.1. The van der Waals surface area contributed by atoms with Gasteiger partial charge in [0.25, 0.3) is 5.91 Å². The molecule has 0 radical (unpaired) electrons. The van der Waals surface area contributed by atoms with Crippen LogP contribution < -0.4 is 10.6 Å². The Balaban J connectivity index is 1.35. The topological polar surface area (TPSA) is 87.2 Å². The smallest absolute Gasteiger partial charge is 0.318 e. The summed E-state index contributed by atoms with van der Waals surface area (Å²) in [7, 11) is 0. The van der Waals surface area contributed by atoms with Crippen molar-refractivity contribution in [1.29, 1.82) is 0 Å². The van der Waals surface area contributed by atoms with Crippen molar-refractivity contribution in [3.8, 4) is 0 Å². The van der Waals surface area contributed by atoms with E-state index in [0.29, 0.717) is 23.8 Å². The largest absolute Gasteiger partial charge is 0.338 e. The number of rotatable bonds is 6. The number of halogens is 1. The molecule has 0 bridgehead atoms. The standard InChI is InChI=1S/C22H22FN5O2S/c23-16-8-10-17(11-9-16)25-19(29)21-27-26-20(31-21)18-7-4-14-28(18)22(30)24-13-12-15-5-2-1-3-6-15/h1-3,5-6,8-11,18H,4,7,12-14H2,(H,24,30)(H,25,29)/t18-/m1/s1. The Morgan fingerprint density at radius 2 is 1.87 bits per heavy atom. The van der Waals surface area contributed by atoms with E-state index >= 15 is 0 Å². The number of carbonyl (C=O) groups is 2. The molecule has 0 saturated carbocycles. The molecule has 3 aromatic rings. The average Bonchev–Trinajstić information content (AvgIpc) is 3.46. The van der Waals surface area contributed by atoms with Crippen LogP contribution in [0.1, 0.15) is 39.3 Å². The van der Waals surface area contributed by atoms with Crippen molar-refractivity contribution >= 4 is 29.0 Å². The summed E-state index contributed by atoms with van der Waals surface area (Å²) in [6, 6.07) is 15.2. The van der Waals surface area contributed by atoms with Crippen molar-refractivity contribution < 1.29 is 14.0 Å². The zero-order valence-electron chi connectivity index (χ0n) is 16.8. The lowest BCUT2D eigenvalue weighted by Crippen LogP contribution is -2.40. The Kier molecular flexibility index (Phi) is 6.51. The summed E-state index contributed by atoms with van der Waals surface area (Å²) in [5.74, 6) is -0.785. The van der Waals surface area contributed by atoms with Crippen LogP contribution in [-0.4, -0.2) is 40.1 Å². The summed E-state index contributed by atoms with van der Waals surface area (Å²) < 4.78 is 13.0. The highest BCUT2D eigenvalue weighted by Gasteiger charge is 2.33. The van der Waals surface area contributed by atoms with Gasteiger partial charge < -0.3 is 15.5 Å². The van der Waals surface area contributed by atoms with E-state index in [1.807, 2.05) is 30.3 Å². The van der Waals surface area contributed by atoms with Gasteiger partial charge in [-0.2, -0.15) is 0 Å². The van der Waals surface area contributed by atoms with Crippen LogP contribution in [0.4, 0.5) is 14.9 Å². The number of anilines is 1. The maximum Gasteiger partial charge on any atom is 0.318 e. The highest BCUT2D eigenvalue weighted by Crippen LogP contribution is 2.33. The molecule has 160 valence electrons. The van der Waals surface area contributed by atoms with Crippen LogP contribution in [0.5, 0.6) is 0 Å². The molecule has 7 nitrogen and oxygen atoms in total. The molecule has 0 spiro atoms. The minimum atomic E-state index is -0.410. The van der Waals surface area contributed by atoms with E-state index in [0.717, 1.165) is 19.3 Å². The third-order valence-electron chi connectivity index (χ3n) is 5.07. The van der Waals surface area contributed by atoms with Crippen LogP contribution in [0.2, 0.25) is 0 Å². The molecule has 1 atom stereocenters. The maximum atomic E-state index is 13.0. The van der Waals surface area contributed by atoms with Crippen molar-refractivity contribution in [2.45, 2.75) is 25.3 Å². The minimum Gasteiger partial charge on any atom is -0.338 e. The van der Waals surface area contributed by atoms with Crippen LogP contribution in [0.15, 0.2) is 54.6 Å². The minimum absolute atomic E-state index is 0.133. The molecule has 1 aliphatic heterocycles. The molecule has 0 aliphatic carbocycles. The molecule has 31 heavy (non-hydrogen) atoms. The Morgan fingerprint density at radius 3 is 2.65 bits per heavy atom. The molecule has 1 aliphatic rings. The Hall–Kier alpha value is -3.33. The zero-order chi connectivity index (χ0) is 21.6. The Bertz CT molecular complexity index is 1040. The highest BCUT2D eigenvalue weighted by molar-refractivity contribution is 7.13. The number of nitrogens with zero attached hydrogens (tertiary/aromatic N) is 3. The molecule has 1 fully saturated rings. The van der Waals surface area contributed by atoms with Gasteiger partial charge >= 0.3 is 6.03 Å². The van der Waals surface area contributed by atoms with Gasteiger partial charge in [-0.05, 0) is 49.1 Å². The maximum absolute atomic E-state index is 13.0. The molecule has 0 unspecified atom stereocenters. The van der Waals surface area contributed by atoms with Crippen molar-refractivity contribution in [3.05, 3.63) is 76.0 Å². The average molecular weight is 440 g/mol. The number of urea groups is 1. The number of carbonyl (C=O) groups excluding carboxylic acids is 2. The lowest BCUT2D eigenvalue weighted by atomic mass is 10.1. The Labute approximate surface area is 183 Å². The van der Waals surface area contributed by atoms with Gasteiger partial charge in [0, 0.05) is 18.8 Å². The van der Waals surface area contributed by atoms with Crippen LogP contribution in [-0.2, 0) is 6.42 Å². The van der Waals surface area contributed by atoms with E-state index in [9.17, 15) is 14.0 Å². The number of likely N-dealkylation sites (tertiary alicyclic amines) is 1. The van der Waals surface area contributed by atoms with Gasteiger partial charge in [-0.15, -0.1) is 10.2 Å². The second-order valence-electron chi connectivity index (χ2n) is 7.23. The quantitative estimate of drug-likeness (QED) is 0.607. The molecule has 2 N–H and O–H groups in total. The Morgan fingerprint density at radius 1 is 1.10 bits per heavy atom. The van der Waals surface area contributed by atoms with Crippen LogP contribution in [0, 0.1) is 5.82 Å². The number of hydrogen-bond donors (Lipinski definition) is 2. The van der Waals surface area contributed by atoms with E-state index in [1.54, 1.807) is 4.90 Å². The first-order chi connectivity index (χ1) is 15.1. The van der Waals surface area contributed by atoms with E-state index in [1.165, 1.54) is 41.2 Å². The van der Waals surface area contributed by atoms with Gasteiger partial charge in [0.05, 0.1) is 6.04 Å². The van der Waals surface area contributed by atoms with Crippen molar-refractivity contribution in [3.63, 3.8) is 0 Å². The molecule has 2 heterocycles. The van der Waals surface area contributed by atoms with Crippen molar-refractivity contribution in [2.24, 2.45) is 0 Å². The van der Waals surface area contributed by atoms with E-state index < -0.39 is 5.91 Å². The fourth-order valence-electron chi connectivity index (χ4n) is 3.51. The van der Waals surface area contributed by atoms with E-state index in [4.69, 9.17) is 0 Å². The second kappa shape index (κ2) is 9.65. The summed E-state index contributed by atoms with van der Waals surface area (Å²) >= 11 is 1.17. The third kappa shape index (κ3) is 5.24. The number of nitrogens with one attached hydrogen (secondary N) is 2. The summed E-state index contributed by atoms with van der Waals surface area (Å²) in [4.78, 5) is 26.9. The molecule has 3 amide bonds. The van der Waals surface area contributed by atoms with Gasteiger partial charge in [0.15, 0.2) is 0 Å². The van der Waals surface area contributed by atoms with Crippen LogP contribution >= 0.6 is 11.3 Å². The molecule has 1 saturated heterocycles.